The fourth-order valence-corrected chi connectivity index (χ4v) is 5.84. The number of carboxylic acid groups (broad SMARTS) is 1. The third kappa shape index (κ3) is 3.36. The second-order valence-electron chi connectivity index (χ2n) is 9.55. The Morgan fingerprint density at radius 1 is 1.17 bits per heavy atom. The minimum Gasteiger partial charge on any atom is -0.479 e. The van der Waals surface area contributed by atoms with Crippen molar-refractivity contribution in [1.82, 2.24) is 14.8 Å². The van der Waals surface area contributed by atoms with Crippen molar-refractivity contribution < 1.29 is 28.2 Å². The van der Waals surface area contributed by atoms with Crippen molar-refractivity contribution >= 4 is 27.8 Å². The molecule has 1 saturated heterocycles. The summed E-state index contributed by atoms with van der Waals surface area (Å²) in [6, 6.07) is 7.98. The maximum atomic E-state index is 14.4. The average Bonchev–Trinajstić information content (AvgIpc) is 3.41. The van der Waals surface area contributed by atoms with E-state index in [1.807, 2.05) is 16.7 Å². The van der Waals surface area contributed by atoms with Gasteiger partial charge in [-0.05, 0) is 61.4 Å². The molecule has 0 atom stereocenters. The van der Waals surface area contributed by atoms with E-state index in [9.17, 15) is 18.7 Å². The summed E-state index contributed by atoms with van der Waals surface area (Å²) in [5.41, 5.74) is 3.07. The number of aromatic amines is 1. The Labute approximate surface area is 199 Å². The number of aromatic nitrogens is 3. The second-order valence-corrected chi connectivity index (χ2v) is 9.55. The summed E-state index contributed by atoms with van der Waals surface area (Å²) in [6.07, 6.45) is 3.98. The molecule has 35 heavy (non-hydrogen) atoms. The molecule has 0 unspecified atom stereocenters. The first-order chi connectivity index (χ1) is 16.9. The highest BCUT2D eigenvalue weighted by molar-refractivity contribution is 5.99. The molecule has 2 aromatic heterocycles. The number of carbonyl (C=O) groups is 1. The van der Waals surface area contributed by atoms with Crippen molar-refractivity contribution in [2.75, 3.05) is 20.3 Å². The Balaban J connectivity index is 1.64. The first kappa shape index (κ1) is 22.2. The first-order valence-electron chi connectivity index (χ1n) is 11.7. The van der Waals surface area contributed by atoms with Crippen LogP contribution < -0.4 is 0 Å². The molecule has 0 radical (unpaired) electrons. The summed E-state index contributed by atoms with van der Waals surface area (Å²) >= 11 is 0. The number of H-pyrrole nitrogens is 1. The molecule has 3 heterocycles. The number of nitrogens with one attached hydrogen (secondary N) is 1. The maximum Gasteiger partial charge on any atom is 0.335 e. The number of halogens is 2. The normalized spacial score (nSPS) is 23.1. The predicted molar refractivity (Wildman–Crippen MR) is 125 cm³/mol. The zero-order valence-corrected chi connectivity index (χ0v) is 19.2. The van der Waals surface area contributed by atoms with Crippen LogP contribution in [0.4, 0.5) is 8.78 Å². The third-order valence-electron chi connectivity index (χ3n) is 7.71. The predicted octanol–water partition coefficient (Wildman–Crippen LogP) is 5.03. The van der Waals surface area contributed by atoms with E-state index in [1.54, 1.807) is 12.3 Å². The Kier molecular flexibility index (Phi) is 5.16. The zero-order chi connectivity index (χ0) is 24.3. The van der Waals surface area contributed by atoms with E-state index in [0.29, 0.717) is 31.7 Å². The Morgan fingerprint density at radius 2 is 1.94 bits per heavy atom. The largest absolute Gasteiger partial charge is 0.479 e. The minimum atomic E-state index is -1.22. The van der Waals surface area contributed by atoms with Crippen LogP contribution in [0.25, 0.3) is 27.5 Å². The highest BCUT2D eigenvalue weighted by Crippen LogP contribution is 2.53. The van der Waals surface area contributed by atoms with E-state index < -0.39 is 23.2 Å². The van der Waals surface area contributed by atoms with Crippen LogP contribution in [0.2, 0.25) is 0 Å². The molecule has 0 spiro atoms. The van der Waals surface area contributed by atoms with Crippen LogP contribution in [-0.2, 0) is 14.3 Å². The molecule has 0 bridgehead atoms. The van der Waals surface area contributed by atoms with Gasteiger partial charge < -0.3 is 19.1 Å². The molecule has 6 rings (SSSR count). The summed E-state index contributed by atoms with van der Waals surface area (Å²) in [5.74, 6) is -2.72. The molecular weight excluding hydrogens is 456 g/mol. The van der Waals surface area contributed by atoms with Gasteiger partial charge in [0.2, 0.25) is 0 Å². The fourth-order valence-electron chi connectivity index (χ4n) is 5.84. The van der Waals surface area contributed by atoms with Crippen molar-refractivity contribution in [1.29, 1.82) is 0 Å². The maximum absolute atomic E-state index is 14.4. The van der Waals surface area contributed by atoms with Gasteiger partial charge in [-0.2, -0.15) is 5.10 Å². The third-order valence-corrected chi connectivity index (χ3v) is 7.71. The average molecular weight is 481 g/mol. The van der Waals surface area contributed by atoms with E-state index in [-0.39, 0.29) is 11.8 Å². The number of carboxylic acids is 1. The van der Waals surface area contributed by atoms with E-state index in [0.717, 1.165) is 52.0 Å². The first-order valence-corrected chi connectivity index (χ1v) is 11.7. The molecule has 2 fully saturated rings. The molecule has 2 aliphatic rings. The van der Waals surface area contributed by atoms with Crippen LogP contribution in [0.5, 0.6) is 0 Å². The molecule has 4 aromatic rings. The number of rotatable bonds is 5. The van der Waals surface area contributed by atoms with Crippen LogP contribution in [0.1, 0.15) is 48.8 Å². The molecule has 9 heteroatoms. The van der Waals surface area contributed by atoms with Crippen LogP contribution in [-0.4, -0.2) is 51.8 Å². The van der Waals surface area contributed by atoms with Crippen LogP contribution in [0, 0.1) is 11.6 Å². The lowest BCUT2D eigenvalue weighted by Crippen LogP contribution is -2.51. The Hall–Kier alpha value is -3.30. The van der Waals surface area contributed by atoms with Gasteiger partial charge in [-0.1, -0.05) is 0 Å². The SMILES string of the molecule is COC1(C(=O)O)CC(c2c(C3CCOCC3)n(-c3ccc(F)c(F)c3)c3cc4cn[nH]c4cc23)C1. The number of ether oxygens (including phenoxy) is 2. The monoisotopic (exact) mass is 481 g/mol. The highest BCUT2D eigenvalue weighted by Gasteiger charge is 2.53. The molecule has 1 saturated carbocycles. The summed E-state index contributed by atoms with van der Waals surface area (Å²) in [4.78, 5) is 12.0. The van der Waals surface area contributed by atoms with E-state index in [1.165, 1.54) is 13.2 Å². The summed E-state index contributed by atoms with van der Waals surface area (Å²) in [7, 11) is 1.43. The number of benzene rings is 2. The van der Waals surface area contributed by atoms with Gasteiger partial charge in [0.25, 0.3) is 0 Å². The van der Waals surface area contributed by atoms with Gasteiger partial charge in [0.15, 0.2) is 17.2 Å². The molecule has 1 aliphatic carbocycles. The van der Waals surface area contributed by atoms with Crippen LogP contribution >= 0.6 is 0 Å². The quantitative estimate of drug-likeness (QED) is 0.418. The lowest BCUT2D eigenvalue weighted by Gasteiger charge is -2.44. The van der Waals surface area contributed by atoms with Crippen molar-refractivity contribution in [2.24, 2.45) is 0 Å². The standard InChI is InChI=1S/C26H25F2N3O4/c1-34-26(25(32)33)11-16(12-26)23-18-10-21-15(13-29-30-21)8-22(18)31(17-2-3-19(27)20(28)9-17)24(23)14-4-6-35-7-5-14/h2-3,8-10,13-14,16H,4-7,11-12H2,1H3,(H,29,30)(H,32,33). The van der Waals surface area contributed by atoms with E-state index in [2.05, 4.69) is 10.2 Å². The van der Waals surface area contributed by atoms with Gasteiger partial charge in [0.05, 0.1) is 17.2 Å². The van der Waals surface area contributed by atoms with E-state index in [4.69, 9.17) is 9.47 Å². The molecule has 1 aliphatic heterocycles. The molecule has 0 amide bonds. The van der Waals surface area contributed by atoms with Crippen molar-refractivity contribution in [2.45, 2.75) is 43.1 Å². The van der Waals surface area contributed by atoms with Gasteiger partial charge >= 0.3 is 5.97 Å². The molecule has 182 valence electrons. The molecule has 2 aromatic carbocycles. The summed E-state index contributed by atoms with van der Waals surface area (Å²) in [5, 5.41) is 18.8. The number of hydrogen-bond donors (Lipinski definition) is 2. The van der Waals surface area contributed by atoms with Crippen molar-refractivity contribution in [3.05, 3.63) is 59.4 Å². The number of nitrogens with zero attached hydrogens (tertiary/aromatic N) is 2. The summed E-state index contributed by atoms with van der Waals surface area (Å²) in [6.45, 7) is 1.21. The van der Waals surface area contributed by atoms with Crippen molar-refractivity contribution in [3.63, 3.8) is 0 Å². The molecule has 7 nitrogen and oxygen atoms in total. The van der Waals surface area contributed by atoms with Gasteiger partial charge in [-0.25, -0.2) is 13.6 Å². The molecular formula is C26H25F2N3O4. The molecule has 2 N–H and O–H groups in total. The minimum absolute atomic E-state index is 0.0571. The lowest BCUT2D eigenvalue weighted by atomic mass is 9.66. The zero-order valence-electron chi connectivity index (χ0n) is 19.2. The number of aliphatic carboxylic acids is 1. The van der Waals surface area contributed by atoms with Gasteiger partial charge in [-0.3, -0.25) is 5.10 Å². The Morgan fingerprint density at radius 3 is 2.63 bits per heavy atom. The highest BCUT2D eigenvalue weighted by atomic mass is 19.2. The van der Waals surface area contributed by atoms with Gasteiger partial charge in [-0.15, -0.1) is 0 Å². The number of methoxy groups -OCH3 is 1. The summed E-state index contributed by atoms with van der Waals surface area (Å²) < 4.78 is 41.3. The van der Waals surface area contributed by atoms with Gasteiger partial charge in [0.1, 0.15) is 0 Å². The van der Waals surface area contributed by atoms with Crippen LogP contribution in [0.3, 0.4) is 0 Å². The van der Waals surface area contributed by atoms with Gasteiger partial charge in [0, 0.05) is 54.5 Å². The van der Waals surface area contributed by atoms with E-state index >= 15 is 0 Å². The fraction of sp³-hybridized carbons (Fsp3) is 0.385. The topological polar surface area (TPSA) is 89.4 Å². The second kappa shape index (κ2) is 8.13. The number of fused-ring (bicyclic) bond motifs is 2. The Bertz CT molecular complexity index is 1450. The smallest absolute Gasteiger partial charge is 0.335 e. The van der Waals surface area contributed by atoms with Crippen molar-refractivity contribution in [3.8, 4) is 5.69 Å². The number of hydrogen-bond acceptors (Lipinski definition) is 4. The van der Waals surface area contributed by atoms with Crippen LogP contribution in [0.15, 0.2) is 36.5 Å². The lowest BCUT2D eigenvalue weighted by molar-refractivity contribution is -0.175.